The number of nitrogens with one attached hydrogen (secondary N) is 1. The highest BCUT2D eigenvalue weighted by atomic mass is 35.5. The molecule has 0 heterocycles. The second-order valence-corrected chi connectivity index (χ2v) is 5.64. The fraction of sp³-hybridized carbons (Fsp3) is 0.500. The summed E-state index contributed by atoms with van der Waals surface area (Å²) in [5.41, 5.74) is 6.70. The Morgan fingerprint density at radius 2 is 2.11 bits per heavy atom. The van der Waals surface area contributed by atoms with Crippen LogP contribution in [0.5, 0.6) is 0 Å². The van der Waals surface area contributed by atoms with Crippen LogP contribution in [0.4, 0.5) is 5.69 Å². The molecule has 0 aliphatic heterocycles. The fourth-order valence-corrected chi connectivity index (χ4v) is 2.73. The summed E-state index contributed by atoms with van der Waals surface area (Å²) in [6, 6.07) is 5.22. The first-order valence-corrected chi connectivity index (χ1v) is 6.72. The van der Waals surface area contributed by atoms with Crippen molar-refractivity contribution >= 4 is 23.2 Å². The number of nitrogens with two attached hydrogens (primary N) is 1. The number of nitrogen functional groups attached to an aromatic ring is 1. The highest BCUT2D eigenvalue weighted by Crippen LogP contribution is 2.31. The van der Waals surface area contributed by atoms with Gasteiger partial charge in [-0.15, -0.1) is 0 Å². The summed E-state index contributed by atoms with van der Waals surface area (Å²) in [7, 11) is 0. The van der Waals surface area contributed by atoms with Gasteiger partial charge in [-0.25, -0.2) is 0 Å². The van der Waals surface area contributed by atoms with Gasteiger partial charge in [-0.2, -0.15) is 0 Å². The molecule has 3 unspecified atom stereocenters. The Morgan fingerprint density at radius 3 is 2.72 bits per heavy atom. The van der Waals surface area contributed by atoms with Crippen LogP contribution in [0.2, 0.25) is 5.02 Å². The monoisotopic (exact) mass is 266 g/mol. The third-order valence-corrected chi connectivity index (χ3v) is 4.35. The molecule has 98 valence electrons. The first-order chi connectivity index (χ1) is 8.49. The number of carbonyl (C=O) groups excluding carboxylic acids is 1. The zero-order valence-electron chi connectivity index (χ0n) is 10.7. The van der Waals surface area contributed by atoms with Crippen LogP contribution in [0, 0.1) is 11.8 Å². The molecule has 4 heteroatoms. The van der Waals surface area contributed by atoms with E-state index in [4.69, 9.17) is 17.3 Å². The summed E-state index contributed by atoms with van der Waals surface area (Å²) in [5.74, 6) is 1.04. The smallest absolute Gasteiger partial charge is 0.253 e. The number of rotatable bonds is 2. The van der Waals surface area contributed by atoms with Gasteiger partial charge in [0, 0.05) is 11.7 Å². The van der Waals surface area contributed by atoms with Gasteiger partial charge in [0.25, 0.3) is 5.91 Å². The van der Waals surface area contributed by atoms with E-state index in [1.165, 1.54) is 0 Å². The maximum atomic E-state index is 12.2. The summed E-state index contributed by atoms with van der Waals surface area (Å²) < 4.78 is 0. The number of hydrogen-bond acceptors (Lipinski definition) is 2. The summed E-state index contributed by atoms with van der Waals surface area (Å²) in [4.78, 5) is 12.2. The van der Waals surface area contributed by atoms with Crippen molar-refractivity contribution in [3.05, 3.63) is 28.8 Å². The molecule has 1 amide bonds. The van der Waals surface area contributed by atoms with Crippen molar-refractivity contribution in [2.24, 2.45) is 11.8 Å². The van der Waals surface area contributed by atoms with Crippen LogP contribution in [-0.4, -0.2) is 11.9 Å². The first kappa shape index (κ1) is 13.2. The van der Waals surface area contributed by atoms with Gasteiger partial charge in [0.05, 0.1) is 10.6 Å². The molecule has 0 bridgehead atoms. The lowest BCUT2D eigenvalue weighted by atomic mass is 9.97. The van der Waals surface area contributed by atoms with Crippen LogP contribution in [0.25, 0.3) is 0 Å². The molecule has 1 aromatic rings. The quantitative estimate of drug-likeness (QED) is 0.809. The molecule has 0 radical (unpaired) electrons. The normalized spacial score (nSPS) is 27.2. The van der Waals surface area contributed by atoms with Crippen molar-refractivity contribution in [1.29, 1.82) is 0 Å². The lowest BCUT2D eigenvalue weighted by molar-refractivity contribution is 0.0927. The Morgan fingerprint density at radius 1 is 1.39 bits per heavy atom. The van der Waals surface area contributed by atoms with Crippen LogP contribution < -0.4 is 11.1 Å². The molecule has 1 fully saturated rings. The molecule has 3 atom stereocenters. The van der Waals surface area contributed by atoms with Gasteiger partial charge in [0.2, 0.25) is 0 Å². The highest BCUT2D eigenvalue weighted by molar-refractivity contribution is 6.34. The second kappa shape index (κ2) is 5.19. The molecule has 18 heavy (non-hydrogen) atoms. The van der Waals surface area contributed by atoms with Crippen LogP contribution in [0.3, 0.4) is 0 Å². The Hall–Kier alpha value is -1.22. The molecule has 1 aromatic carbocycles. The third-order valence-electron chi connectivity index (χ3n) is 4.02. The first-order valence-electron chi connectivity index (χ1n) is 6.35. The third kappa shape index (κ3) is 2.61. The number of carbonyl (C=O) groups is 1. The van der Waals surface area contributed by atoms with E-state index in [1.54, 1.807) is 18.2 Å². The molecular formula is C14H19ClN2O. The predicted molar refractivity (Wildman–Crippen MR) is 74.7 cm³/mol. The van der Waals surface area contributed by atoms with E-state index < -0.39 is 0 Å². The van der Waals surface area contributed by atoms with Crippen molar-refractivity contribution in [3.63, 3.8) is 0 Å². The average Bonchev–Trinajstić information content (AvgIpc) is 2.64. The fourth-order valence-electron chi connectivity index (χ4n) is 2.53. The van der Waals surface area contributed by atoms with Crippen molar-refractivity contribution in [2.45, 2.75) is 32.7 Å². The van der Waals surface area contributed by atoms with Crippen LogP contribution in [-0.2, 0) is 0 Å². The Balaban J connectivity index is 2.10. The molecule has 2 rings (SSSR count). The summed E-state index contributed by atoms with van der Waals surface area (Å²) in [5, 5.41) is 3.51. The lowest BCUT2D eigenvalue weighted by Crippen LogP contribution is -2.37. The topological polar surface area (TPSA) is 55.1 Å². The molecule has 0 spiro atoms. The lowest BCUT2D eigenvalue weighted by Gasteiger charge is -2.20. The highest BCUT2D eigenvalue weighted by Gasteiger charge is 2.31. The SMILES string of the molecule is CC1CCC(NC(=O)c2cc(N)ccc2Cl)C1C. The molecular weight excluding hydrogens is 248 g/mol. The summed E-state index contributed by atoms with van der Waals surface area (Å²) in [6.07, 6.45) is 2.20. The van der Waals surface area contributed by atoms with Crippen molar-refractivity contribution in [1.82, 2.24) is 5.32 Å². The minimum atomic E-state index is -0.127. The maximum Gasteiger partial charge on any atom is 0.253 e. The predicted octanol–water partition coefficient (Wildman–Crippen LogP) is 3.09. The van der Waals surface area contributed by atoms with Crippen LogP contribution in [0.15, 0.2) is 18.2 Å². The van der Waals surface area contributed by atoms with Gasteiger partial charge in [0.15, 0.2) is 0 Å². The molecule has 0 aromatic heterocycles. The van der Waals surface area contributed by atoms with Gasteiger partial charge in [-0.1, -0.05) is 25.4 Å². The Bertz CT molecular complexity index is 461. The number of benzene rings is 1. The largest absolute Gasteiger partial charge is 0.399 e. The van der Waals surface area contributed by atoms with Gasteiger partial charge in [0.1, 0.15) is 0 Å². The molecule has 3 N–H and O–H groups in total. The Labute approximate surface area is 113 Å². The standard InChI is InChI=1S/C14H19ClN2O/c1-8-3-6-13(9(8)2)17-14(18)11-7-10(16)4-5-12(11)15/h4-5,7-9,13H,3,6,16H2,1-2H3,(H,17,18). The molecule has 1 aliphatic carbocycles. The van der Waals surface area contributed by atoms with Gasteiger partial charge < -0.3 is 11.1 Å². The molecule has 1 aliphatic rings. The number of amides is 1. The Kier molecular flexibility index (Phi) is 3.81. The number of hydrogen-bond donors (Lipinski definition) is 2. The van der Waals surface area contributed by atoms with Crippen LogP contribution in [0.1, 0.15) is 37.0 Å². The minimum Gasteiger partial charge on any atom is -0.399 e. The van der Waals surface area contributed by atoms with E-state index in [-0.39, 0.29) is 11.9 Å². The van der Waals surface area contributed by atoms with E-state index in [9.17, 15) is 4.79 Å². The minimum absolute atomic E-state index is 0.127. The van der Waals surface area contributed by atoms with Crippen LogP contribution >= 0.6 is 11.6 Å². The van der Waals surface area contributed by atoms with Gasteiger partial charge >= 0.3 is 0 Å². The maximum absolute atomic E-state index is 12.2. The average molecular weight is 267 g/mol. The zero-order valence-corrected chi connectivity index (χ0v) is 11.5. The molecule has 0 saturated heterocycles. The van der Waals surface area contributed by atoms with Crippen molar-refractivity contribution in [2.75, 3.05) is 5.73 Å². The van der Waals surface area contributed by atoms with E-state index in [0.717, 1.165) is 12.8 Å². The molecule has 3 nitrogen and oxygen atoms in total. The molecule has 1 saturated carbocycles. The zero-order chi connectivity index (χ0) is 13.3. The summed E-state index contributed by atoms with van der Waals surface area (Å²) in [6.45, 7) is 4.41. The number of halogens is 1. The van der Waals surface area contributed by atoms with E-state index in [1.807, 2.05) is 0 Å². The number of anilines is 1. The van der Waals surface area contributed by atoms with E-state index in [2.05, 4.69) is 19.2 Å². The van der Waals surface area contributed by atoms with E-state index >= 15 is 0 Å². The van der Waals surface area contributed by atoms with Crippen molar-refractivity contribution < 1.29 is 4.79 Å². The van der Waals surface area contributed by atoms with E-state index in [0.29, 0.717) is 28.1 Å². The summed E-state index contributed by atoms with van der Waals surface area (Å²) >= 11 is 6.03. The second-order valence-electron chi connectivity index (χ2n) is 5.23. The van der Waals surface area contributed by atoms with Gasteiger partial charge in [-0.3, -0.25) is 4.79 Å². The van der Waals surface area contributed by atoms with Gasteiger partial charge in [-0.05, 0) is 42.9 Å². The van der Waals surface area contributed by atoms with Crippen molar-refractivity contribution in [3.8, 4) is 0 Å².